The highest BCUT2D eigenvalue weighted by molar-refractivity contribution is 5.85. The van der Waals surface area contributed by atoms with Crippen molar-refractivity contribution in [1.29, 1.82) is 0 Å². The van der Waals surface area contributed by atoms with Crippen molar-refractivity contribution in [3.63, 3.8) is 0 Å². The van der Waals surface area contributed by atoms with Crippen LogP contribution in [0.4, 0.5) is 5.95 Å². The number of rotatable bonds is 3. The first-order valence-corrected chi connectivity index (χ1v) is 7.80. The maximum Gasteiger partial charge on any atom is 0.245 e. The Balaban J connectivity index is 1.73. The topological polar surface area (TPSA) is 61.8 Å². The Bertz CT molecular complexity index is 530. The zero-order valence-corrected chi connectivity index (χ0v) is 13.2. The molecule has 2 aliphatic rings. The van der Waals surface area contributed by atoms with Crippen LogP contribution in [0.1, 0.15) is 12.8 Å². The van der Waals surface area contributed by atoms with Crippen molar-refractivity contribution in [2.75, 3.05) is 51.8 Å². The minimum atomic E-state index is -0.143. The SMILES string of the molecule is COc1ccnc(N2CCCC2C(=O)N2CCN(C)CC2)n1. The fourth-order valence-corrected chi connectivity index (χ4v) is 3.08. The van der Waals surface area contributed by atoms with Crippen LogP contribution in [0, 0.1) is 0 Å². The Kier molecular flexibility index (Phi) is 4.42. The van der Waals surface area contributed by atoms with Gasteiger partial charge in [0, 0.05) is 45.0 Å². The van der Waals surface area contributed by atoms with E-state index in [0.29, 0.717) is 11.8 Å². The molecule has 0 bridgehead atoms. The summed E-state index contributed by atoms with van der Waals surface area (Å²) >= 11 is 0. The third-order valence-corrected chi connectivity index (χ3v) is 4.44. The van der Waals surface area contributed by atoms with Gasteiger partial charge in [0.2, 0.25) is 17.7 Å². The molecule has 2 fully saturated rings. The Morgan fingerprint density at radius 3 is 2.77 bits per heavy atom. The number of piperazine rings is 1. The van der Waals surface area contributed by atoms with Crippen molar-refractivity contribution in [2.24, 2.45) is 0 Å². The molecule has 1 aromatic heterocycles. The molecule has 3 heterocycles. The number of carbonyl (C=O) groups is 1. The van der Waals surface area contributed by atoms with E-state index in [2.05, 4.69) is 21.9 Å². The summed E-state index contributed by atoms with van der Waals surface area (Å²) in [5.74, 6) is 1.32. The molecule has 1 atom stereocenters. The molecule has 3 rings (SSSR count). The molecule has 0 spiro atoms. The summed E-state index contributed by atoms with van der Waals surface area (Å²) in [6, 6.07) is 1.58. The van der Waals surface area contributed by atoms with Crippen molar-refractivity contribution in [1.82, 2.24) is 19.8 Å². The second-order valence-corrected chi connectivity index (χ2v) is 5.88. The lowest BCUT2D eigenvalue weighted by molar-refractivity contribution is -0.134. The van der Waals surface area contributed by atoms with E-state index in [4.69, 9.17) is 4.74 Å². The van der Waals surface area contributed by atoms with Gasteiger partial charge in [-0.3, -0.25) is 4.79 Å². The highest BCUT2D eigenvalue weighted by Crippen LogP contribution is 2.25. The van der Waals surface area contributed by atoms with Crippen LogP contribution in [0.2, 0.25) is 0 Å². The Labute approximate surface area is 130 Å². The number of carbonyl (C=O) groups excluding carboxylic acids is 1. The summed E-state index contributed by atoms with van der Waals surface area (Å²) in [4.78, 5) is 27.8. The van der Waals surface area contributed by atoms with Gasteiger partial charge in [-0.2, -0.15) is 4.98 Å². The molecule has 7 heteroatoms. The number of aromatic nitrogens is 2. The second-order valence-electron chi connectivity index (χ2n) is 5.88. The zero-order chi connectivity index (χ0) is 15.5. The number of likely N-dealkylation sites (N-methyl/N-ethyl adjacent to an activating group) is 1. The van der Waals surface area contributed by atoms with E-state index < -0.39 is 0 Å². The number of anilines is 1. The van der Waals surface area contributed by atoms with Crippen LogP contribution >= 0.6 is 0 Å². The van der Waals surface area contributed by atoms with E-state index in [9.17, 15) is 4.79 Å². The molecule has 0 aliphatic carbocycles. The van der Waals surface area contributed by atoms with E-state index in [1.54, 1.807) is 19.4 Å². The van der Waals surface area contributed by atoms with Gasteiger partial charge in [0.1, 0.15) is 6.04 Å². The van der Waals surface area contributed by atoms with Crippen molar-refractivity contribution in [3.05, 3.63) is 12.3 Å². The molecule has 1 unspecified atom stereocenters. The van der Waals surface area contributed by atoms with Gasteiger partial charge < -0.3 is 19.4 Å². The molecule has 120 valence electrons. The fraction of sp³-hybridized carbons (Fsp3) is 0.667. The first kappa shape index (κ1) is 15.0. The van der Waals surface area contributed by atoms with Gasteiger partial charge in [-0.15, -0.1) is 0 Å². The third kappa shape index (κ3) is 2.99. The van der Waals surface area contributed by atoms with Crippen LogP contribution in [-0.2, 0) is 4.79 Å². The Morgan fingerprint density at radius 1 is 1.27 bits per heavy atom. The summed E-state index contributed by atoms with van der Waals surface area (Å²) in [5.41, 5.74) is 0. The summed E-state index contributed by atoms with van der Waals surface area (Å²) < 4.78 is 5.16. The minimum absolute atomic E-state index is 0.143. The quantitative estimate of drug-likeness (QED) is 0.796. The number of hydrogen-bond donors (Lipinski definition) is 0. The number of amides is 1. The minimum Gasteiger partial charge on any atom is -0.481 e. The van der Waals surface area contributed by atoms with Crippen LogP contribution in [-0.4, -0.2) is 78.6 Å². The summed E-state index contributed by atoms with van der Waals surface area (Å²) in [7, 11) is 3.68. The third-order valence-electron chi connectivity index (χ3n) is 4.44. The monoisotopic (exact) mass is 305 g/mol. The molecule has 1 amide bonds. The lowest BCUT2D eigenvalue weighted by Gasteiger charge is -2.35. The molecule has 2 aliphatic heterocycles. The first-order valence-electron chi connectivity index (χ1n) is 7.80. The molecule has 1 aromatic rings. The van der Waals surface area contributed by atoms with Crippen LogP contribution in [0.15, 0.2) is 12.3 Å². The lowest BCUT2D eigenvalue weighted by atomic mass is 10.1. The van der Waals surface area contributed by atoms with Crippen LogP contribution in [0.25, 0.3) is 0 Å². The van der Waals surface area contributed by atoms with E-state index in [0.717, 1.165) is 45.6 Å². The average Bonchev–Trinajstić information content (AvgIpc) is 3.04. The molecule has 7 nitrogen and oxygen atoms in total. The number of methoxy groups -OCH3 is 1. The smallest absolute Gasteiger partial charge is 0.245 e. The Morgan fingerprint density at radius 2 is 2.05 bits per heavy atom. The van der Waals surface area contributed by atoms with Crippen molar-refractivity contribution < 1.29 is 9.53 Å². The van der Waals surface area contributed by atoms with Gasteiger partial charge >= 0.3 is 0 Å². The van der Waals surface area contributed by atoms with Crippen molar-refractivity contribution in [2.45, 2.75) is 18.9 Å². The van der Waals surface area contributed by atoms with Gasteiger partial charge in [-0.1, -0.05) is 0 Å². The van der Waals surface area contributed by atoms with Gasteiger partial charge in [0.15, 0.2) is 0 Å². The van der Waals surface area contributed by atoms with E-state index in [-0.39, 0.29) is 11.9 Å². The summed E-state index contributed by atoms with van der Waals surface area (Å²) in [6.07, 6.45) is 3.54. The molecule has 22 heavy (non-hydrogen) atoms. The molecule has 0 saturated carbocycles. The zero-order valence-electron chi connectivity index (χ0n) is 13.2. The van der Waals surface area contributed by atoms with Crippen LogP contribution in [0.5, 0.6) is 5.88 Å². The van der Waals surface area contributed by atoms with Crippen LogP contribution in [0.3, 0.4) is 0 Å². The molecule has 0 radical (unpaired) electrons. The van der Waals surface area contributed by atoms with E-state index in [1.807, 2.05) is 9.80 Å². The van der Waals surface area contributed by atoms with E-state index >= 15 is 0 Å². The molecular formula is C15H23N5O2. The number of nitrogens with zero attached hydrogens (tertiary/aromatic N) is 5. The van der Waals surface area contributed by atoms with Crippen molar-refractivity contribution >= 4 is 11.9 Å². The first-order chi connectivity index (χ1) is 10.7. The largest absolute Gasteiger partial charge is 0.481 e. The highest BCUT2D eigenvalue weighted by atomic mass is 16.5. The molecule has 0 aromatic carbocycles. The van der Waals surface area contributed by atoms with Gasteiger partial charge in [-0.05, 0) is 19.9 Å². The van der Waals surface area contributed by atoms with Crippen molar-refractivity contribution in [3.8, 4) is 5.88 Å². The molecule has 2 saturated heterocycles. The number of hydrogen-bond acceptors (Lipinski definition) is 6. The predicted molar refractivity (Wildman–Crippen MR) is 83.0 cm³/mol. The maximum atomic E-state index is 12.8. The summed E-state index contributed by atoms with van der Waals surface area (Å²) in [6.45, 7) is 4.30. The van der Waals surface area contributed by atoms with Gasteiger partial charge in [0.05, 0.1) is 7.11 Å². The normalized spacial score (nSPS) is 22.9. The highest BCUT2D eigenvalue weighted by Gasteiger charge is 2.36. The Hall–Kier alpha value is -1.89. The average molecular weight is 305 g/mol. The second kappa shape index (κ2) is 6.48. The number of ether oxygens (including phenoxy) is 1. The molecular weight excluding hydrogens is 282 g/mol. The molecule has 0 N–H and O–H groups in total. The fourth-order valence-electron chi connectivity index (χ4n) is 3.08. The summed E-state index contributed by atoms with van der Waals surface area (Å²) in [5, 5.41) is 0. The van der Waals surface area contributed by atoms with Gasteiger partial charge in [0.25, 0.3) is 0 Å². The maximum absolute atomic E-state index is 12.8. The standard InChI is InChI=1S/C15H23N5O2/c1-18-8-10-19(11-9-18)14(21)12-4-3-7-20(12)15-16-6-5-13(17-15)22-2/h5-6,12H,3-4,7-11H2,1-2H3. The lowest BCUT2D eigenvalue weighted by Crippen LogP contribution is -2.53. The van der Waals surface area contributed by atoms with Crippen LogP contribution < -0.4 is 9.64 Å². The van der Waals surface area contributed by atoms with E-state index in [1.165, 1.54) is 0 Å². The predicted octanol–water partition coefficient (Wildman–Crippen LogP) is 0.228. The van der Waals surface area contributed by atoms with Gasteiger partial charge in [-0.25, -0.2) is 4.98 Å².